The largest absolute Gasteiger partial charge is 0.315 e. The maximum Gasteiger partial charge on any atom is 0.279 e. The molecule has 1 aromatic rings. The summed E-state index contributed by atoms with van der Waals surface area (Å²) in [5.41, 5.74) is 0.912. The van der Waals surface area contributed by atoms with Crippen LogP contribution in [0.5, 0.6) is 0 Å². The topological polar surface area (TPSA) is 61.4 Å². The van der Waals surface area contributed by atoms with Crippen molar-refractivity contribution in [2.45, 2.75) is 6.54 Å². The van der Waals surface area contributed by atoms with E-state index in [-0.39, 0.29) is 17.8 Å². The number of nitrogens with zero attached hydrogens (tertiary/aromatic N) is 1. The van der Waals surface area contributed by atoms with Crippen molar-refractivity contribution in [1.82, 2.24) is 14.3 Å². The molecule has 5 nitrogen and oxygen atoms in total. The molecular weight excluding hydrogens is 269 g/mol. The minimum atomic E-state index is -3.42. The smallest absolute Gasteiger partial charge is 0.279 e. The van der Waals surface area contributed by atoms with Gasteiger partial charge in [-0.3, -0.25) is 0 Å². The van der Waals surface area contributed by atoms with Gasteiger partial charge in [-0.05, 0) is 17.7 Å². The fourth-order valence-electron chi connectivity index (χ4n) is 2.44. The van der Waals surface area contributed by atoms with Crippen LogP contribution in [0.3, 0.4) is 0 Å². The lowest BCUT2D eigenvalue weighted by Gasteiger charge is -2.54. The van der Waals surface area contributed by atoms with Crippen LogP contribution in [0.2, 0.25) is 0 Å². The summed E-state index contributed by atoms with van der Waals surface area (Å²) in [5, 5.41) is 3.16. The summed E-state index contributed by atoms with van der Waals surface area (Å²) in [7, 11) is -3.42. The summed E-state index contributed by atoms with van der Waals surface area (Å²) in [6.45, 7) is 3.15. The van der Waals surface area contributed by atoms with Gasteiger partial charge in [0.05, 0.1) is 0 Å². The first-order valence-electron chi connectivity index (χ1n) is 6.19. The molecule has 2 aliphatic heterocycles. The SMILES string of the molecule is O=S(=O)(NCc1ccc(F)cc1)N1CC2(CNC2)C1. The van der Waals surface area contributed by atoms with Crippen molar-refractivity contribution < 1.29 is 12.8 Å². The van der Waals surface area contributed by atoms with Gasteiger partial charge < -0.3 is 5.32 Å². The first-order valence-corrected chi connectivity index (χ1v) is 7.63. The Morgan fingerprint density at radius 3 is 2.42 bits per heavy atom. The number of rotatable bonds is 4. The van der Waals surface area contributed by atoms with Gasteiger partial charge in [0.2, 0.25) is 0 Å². The molecular formula is C12H16FN3O2S. The molecule has 104 valence electrons. The van der Waals surface area contributed by atoms with E-state index in [1.807, 2.05) is 0 Å². The second kappa shape index (κ2) is 4.52. The number of hydrogen-bond acceptors (Lipinski definition) is 3. The van der Waals surface area contributed by atoms with Crippen LogP contribution in [0.25, 0.3) is 0 Å². The predicted molar refractivity (Wildman–Crippen MR) is 69.0 cm³/mol. The Kier molecular flexibility index (Phi) is 3.09. The van der Waals surface area contributed by atoms with Crippen LogP contribution < -0.4 is 10.0 Å². The van der Waals surface area contributed by atoms with Gasteiger partial charge in [-0.25, -0.2) is 4.39 Å². The average Bonchev–Trinajstić information content (AvgIpc) is 2.24. The van der Waals surface area contributed by atoms with Crippen molar-refractivity contribution in [1.29, 1.82) is 0 Å². The summed E-state index contributed by atoms with van der Waals surface area (Å²) in [5.74, 6) is -0.325. The van der Waals surface area contributed by atoms with Crippen LogP contribution in [0.1, 0.15) is 5.56 Å². The zero-order valence-corrected chi connectivity index (χ0v) is 11.2. The van der Waals surface area contributed by atoms with Crippen LogP contribution in [-0.2, 0) is 16.8 Å². The van der Waals surface area contributed by atoms with Crippen molar-refractivity contribution >= 4 is 10.2 Å². The van der Waals surface area contributed by atoms with E-state index in [1.165, 1.54) is 16.4 Å². The molecule has 2 N–H and O–H groups in total. The highest BCUT2D eigenvalue weighted by molar-refractivity contribution is 7.87. The van der Waals surface area contributed by atoms with Crippen LogP contribution in [0, 0.1) is 11.2 Å². The van der Waals surface area contributed by atoms with E-state index >= 15 is 0 Å². The van der Waals surface area contributed by atoms with Gasteiger partial charge in [-0.15, -0.1) is 0 Å². The van der Waals surface area contributed by atoms with E-state index in [2.05, 4.69) is 10.0 Å². The molecule has 19 heavy (non-hydrogen) atoms. The zero-order valence-electron chi connectivity index (χ0n) is 10.4. The standard InChI is InChI=1S/C12H16FN3O2S/c13-11-3-1-10(2-4-11)5-15-19(17,18)16-8-12(9-16)6-14-7-12/h1-4,14-15H,5-9H2. The van der Waals surface area contributed by atoms with Gasteiger partial charge in [0, 0.05) is 38.1 Å². The molecule has 0 saturated carbocycles. The Labute approximate surface area is 112 Å². The maximum atomic E-state index is 12.7. The van der Waals surface area contributed by atoms with Gasteiger partial charge in [0.15, 0.2) is 0 Å². The van der Waals surface area contributed by atoms with Gasteiger partial charge in [-0.2, -0.15) is 17.4 Å². The summed E-state index contributed by atoms with van der Waals surface area (Å²) in [6, 6.07) is 5.79. The summed E-state index contributed by atoms with van der Waals surface area (Å²) >= 11 is 0. The third-order valence-electron chi connectivity index (χ3n) is 3.74. The number of hydrogen-bond donors (Lipinski definition) is 2. The molecule has 0 aliphatic carbocycles. The molecule has 0 atom stereocenters. The normalized spacial score (nSPS) is 21.9. The lowest BCUT2D eigenvalue weighted by atomic mass is 9.76. The Hall–Kier alpha value is -1.02. The van der Waals surface area contributed by atoms with E-state index < -0.39 is 10.2 Å². The Balaban J connectivity index is 1.55. The number of nitrogens with one attached hydrogen (secondary N) is 2. The molecule has 2 heterocycles. The lowest BCUT2D eigenvalue weighted by molar-refractivity contribution is 0.0156. The van der Waals surface area contributed by atoms with Crippen molar-refractivity contribution in [3.63, 3.8) is 0 Å². The van der Waals surface area contributed by atoms with E-state index in [9.17, 15) is 12.8 Å². The summed E-state index contributed by atoms with van der Waals surface area (Å²) in [6.07, 6.45) is 0. The van der Waals surface area contributed by atoms with E-state index in [0.717, 1.165) is 18.7 Å². The molecule has 0 radical (unpaired) electrons. The van der Waals surface area contributed by atoms with Crippen LogP contribution in [0.4, 0.5) is 4.39 Å². The molecule has 0 aromatic heterocycles. The second-order valence-corrected chi connectivity index (χ2v) is 7.08. The number of halogens is 1. The molecule has 0 bridgehead atoms. The average molecular weight is 285 g/mol. The van der Waals surface area contributed by atoms with Crippen LogP contribution in [-0.4, -0.2) is 38.9 Å². The minimum absolute atomic E-state index is 0.171. The molecule has 2 aliphatic rings. The van der Waals surface area contributed by atoms with Gasteiger partial charge in [0.25, 0.3) is 10.2 Å². The van der Waals surface area contributed by atoms with E-state index in [1.54, 1.807) is 12.1 Å². The van der Waals surface area contributed by atoms with Crippen LogP contribution in [0.15, 0.2) is 24.3 Å². The van der Waals surface area contributed by atoms with E-state index in [4.69, 9.17) is 0 Å². The molecule has 7 heteroatoms. The molecule has 0 amide bonds. The monoisotopic (exact) mass is 285 g/mol. The zero-order chi connectivity index (χ0) is 13.5. The Bertz CT molecular complexity index is 561. The molecule has 1 aromatic carbocycles. The van der Waals surface area contributed by atoms with Crippen molar-refractivity contribution in [2.24, 2.45) is 5.41 Å². The predicted octanol–water partition coefficient (Wildman–Crippen LogP) is 0.0653. The van der Waals surface area contributed by atoms with E-state index in [0.29, 0.717) is 13.1 Å². The molecule has 3 rings (SSSR count). The highest BCUT2D eigenvalue weighted by Gasteiger charge is 2.51. The Morgan fingerprint density at radius 1 is 1.26 bits per heavy atom. The lowest BCUT2D eigenvalue weighted by Crippen LogP contribution is -2.72. The summed E-state index contributed by atoms with van der Waals surface area (Å²) in [4.78, 5) is 0. The van der Waals surface area contributed by atoms with Crippen molar-refractivity contribution in [2.75, 3.05) is 26.2 Å². The van der Waals surface area contributed by atoms with Crippen LogP contribution >= 0.6 is 0 Å². The maximum absolute atomic E-state index is 12.7. The highest BCUT2D eigenvalue weighted by Crippen LogP contribution is 2.35. The minimum Gasteiger partial charge on any atom is -0.315 e. The third-order valence-corrected chi connectivity index (χ3v) is 5.18. The fourth-order valence-corrected chi connectivity index (χ4v) is 3.86. The van der Waals surface area contributed by atoms with Gasteiger partial charge >= 0.3 is 0 Å². The molecule has 2 fully saturated rings. The van der Waals surface area contributed by atoms with Crippen molar-refractivity contribution in [3.05, 3.63) is 35.6 Å². The third kappa shape index (κ3) is 2.51. The first kappa shape index (κ1) is 13.0. The molecule has 2 saturated heterocycles. The number of benzene rings is 1. The second-order valence-electron chi connectivity index (χ2n) is 5.32. The van der Waals surface area contributed by atoms with Crippen molar-refractivity contribution in [3.8, 4) is 0 Å². The van der Waals surface area contributed by atoms with Gasteiger partial charge in [0.1, 0.15) is 5.82 Å². The first-order chi connectivity index (χ1) is 8.99. The molecule has 0 unspecified atom stereocenters. The molecule has 1 spiro atoms. The quantitative estimate of drug-likeness (QED) is 0.823. The summed E-state index contributed by atoms with van der Waals surface area (Å²) < 4.78 is 40.7. The highest BCUT2D eigenvalue weighted by atomic mass is 32.2. The fraction of sp³-hybridized carbons (Fsp3) is 0.500. The Morgan fingerprint density at radius 2 is 1.89 bits per heavy atom. The van der Waals surface area contributed by atoms with Gasteiger partial charge in [-0.1, -0.05) is 12.1 Å².